The first-order valence-electron chi connectivity index (χ1n) is 9.02. The number of ether oxygens (including phenoxy) is 2. The lowest BCUT2D eigenvalue weighted by atomic mass is 9.99. The van der Waals surface area contributed by atoms with Crippen LogP contribution in [0, 0.1) is 0 Å². The van der Waals surface area contributed by atoms with E-state index in [0.717, 1.165) is 62.8 Å². The lowest BCUT2D eigenvalue weighted by Crippen LogP contribution is -2.47. The number of halogens is 1. The third-order valence-electron chi connectivity index (χ3n) is 5.09. The molecule has 134 valence electrons. The number of rotatable bonds is 5. The Bertz CT molecular complexity index is 540. The van der Waals surface area contributed by atoms with Crippen molar-refractivity contribution in [3.05, 3.63) is 34.9 Å². The molecule has 2 saturated heterocycles. The topological polar surface area (TPSA) is 33.7 Å². The number of hydrogen-bond donors (Lipinski definition) is 1. The number of nitrogens with zero attached hydrogens (tertiary/aromatic N) is 1. The minimum atomic E-state index is -0.127. The van der Waals surface area contributed by atoms with E-state index in [1.807, 2.05) is 18.2 Å². The summed E-state index contributed by atoms with van der Waals surface area (Å²) in [4.78, 5) is 2.48. The minimum Gasteiger partial charge on any atom is -0.377 e. The van der Waals surface area contributed by atoms with Crippen molar-refractivity contribution in [2.45, 2.75) is 51.0 Å². The van der Waals surface area contributed by atoms with Crippen LogP contribution in [0.25, 0.3) is 0 Å². The Morgan fingerprint density at radius 2 is 2.21 bits per heavy atom. The standard InChI is InChI=1S/C19H29ClN2O2/c1-15(2)22-9-10-23-14-19(13-22)8-7-17(24-19)12-21-11-16-5-3-4-6-18(16)20/h3-6,15,17,21H,7-14H2,1-2H3/t17-,19+/m1/s1. The molecule has 1 spiro atoms. The van der Waals surface area contributed by atoms with Crippen molar-refractivity contribution in [1.29, 1.82) is 0 Å². The molecule has 2 heterocycles. The van der Waals surface area contributed by atoms with Gasteiger partial charge in [0, 0.05) is 37.2 Å². The maximum absolute atomic E-state index is 6.46. The quantitative estimate of drug-likeness (QED) is 0.883. The minimum absolute atomic E-state index is 0.127. The Balaban J connectivity index is 1.50. The second-order valence-corrected chi connectivity index (χ2v) is 7.71. The van der Waals surface area contributed by atoms with Crippen molar-refractivity contribution in [2.75, 3.05) is 32.8 Å². The summed E-state index contributed by atoms with van der Waals surface area (Å²) >= 11 is 6.21. The first kappa shape index (κ1) is 18.2. The van der Waals surface area contributed by atoms with Gasteiger partial charge in [-0.05, 0) is 38.3 Å². The smallest absolute Gasteiger partial charge is 0.105 e. The van der Waals surface area contributed by atoms with E-state index in [2.05, 4.69) is 30.1 Å². The Morgan fingerprint density at radius 1 is 1.38 bits per heavy atom. The molecule has 1 N–H and O–H groups in total. The fourth-order valence-electron chi connectivity index (χ4n) is 3.65. The molecule has 2 atom stereocenters. The molecule has 2 fully saturated rings. The van der Waals surface area contributed by atoms with Crippen LogP contribution in [0.2, 0.25) is 5.02 Å². The van der Waals surface area contributed by atoms with E-state index >= 15 is 0 Å². The van der Waals surface area contributed by atoms with Crippen molar-refractivity contribution in [2.24, 2.45) is 0 Å². The first-order valence-corrected chi connectivity index (χ1v) is 9.39. The SMILES string of the molecule is CC(C)N1CCOC[C@]2(CC[C@H](CNCc3ccccc3Cl)O2)C1. The summed E-state index contributed by atoms with van der Waals surface area (Å²) < 4.78 is 12.3. The summed E-state index contributed by atoms with van der Waals surface area (Å²) in [6.07, 6.45) is 2.42. The molecule has 0 unspecified atom stereocenters. The van der Waals surface area contributed by atoms with Crippen molar-refractivity contribution in [1.82, 2.24) is 10.2 Å². The van der Waals surface area contributed by atoms with Gasteiger partial charge in [-0.25, -0.2) is 0 Å². The second kappa shape index (κ2) is 8.15. The summed E-state index contributed by atoms with van der Waals surface area (Å²) in [5.74, 6) is 0. The summed E-state index contributed by atoms with van der Waals surface area (Å²) in [5.41, 5.74) is 1.01. The Hall–Kier alpha value is -0.650. The zero-order chi connectivity index (χ0) is 17.0. The maximum Gasteiger partial charge on any atom is 0.105 e. The van der Waals surface area contributed by atoms with Gasteiger partial charge in [-0.15, -0.1) is 0 Å². The summed E-state index contributed by atoms with van der Waals surface area (Å²) in [6, 6.07) is 8.51. The Kier molecular flexibility index (Phi) is 6.17. The van der Waals surface area contributed by atoms with Crippen LogP contribution >= 0.6 is 11.6 Å². The van der Waals surface area contributed by atoms with E-state index < -0.39 is 0 Å². The van der Waals surface area contributed by atoms with E-state index in [1.54, 1.807) is 0 Å². The van der Waals surface area contributed by atoms with E-state index in [9.17, 15) is 0 Å². The van der Waals surface area contributed by atoms with Crippen molar-refractivity contribution >= 4 is 11.6 Å². The largest absolute Gasteiger partial charge is 0.377 e. The summed E-state index contributed by atoms with van der Waals surface area (Å²) in [5, 5.41) is 4.31. The highest BCUT2D eigenvalue weighted by atomic mass is 35.5. The number of hydrogen-bond acceptors (Lipinski definition) is 4. The molecule has 1 aromatic carbocycles. The van der Waals surface area contributed by atoms with Gasteiger partial charge < -0.3 is 14.8 Å². The second-order valence-electron chi connectivity index (χ2n) is 7.30. The molecule has 0 bridgehead atoms. The van der Waals surface area contributed by atoms with Crippen LogP contribution in [0.4, 0.5) is 0 Å². The average molecular weight is 353 g/mol. The number of nitrogens with one attached hydrogen (secondary N) is 1. The summed E-state index contributed by atoms with van der Waals surface area (Å²) in [6.45, 7) is 9.63. The van der Waals surface area contributed by atoms with Crippen molar-refractivity contribution in [3.8, 4) is 0 Å². The molecule has 5 heteroatoms. The molecule has 0 amide bonds. The van der Waals surface area contributed by atoms with Gasteiger partial charge in [0.05, 0.1) is 19.3 Å². The molecule has 0 saturated carbocycles. The van der Waals surface area contributed by atoms with Gasteiger partial charge in [0.15, 0.2) is 0 Å². The highest BCUT2D eigenvalue weighted by molar-refractivity contribution is 6.31. The van der Waals surface area contributed by atoms with Crippen LogP contribution in [-0.4, -0.2) is 55.5 Å². The monoisotopic (exact) mass is 352 g/mol. The molecule has 3 rings (SSSR count). The third-order valence-corrected chi connectivity index (χ3v) is 5.46. The Labute approximate surface area is 150 Å². The number of benzene rings is 1. The van der Waals surface area contributed by atoms with Crippen LogP contribution in [0.15, 0.2) is 24.3 Å². The molecular weight excluding hydrogens is 324 g/mol. The molecule has 2 aliphatic rings. The van der Waals surface area contributed by atoms with E-state index in [-0.39, 0.29) is 11.7 Å². The molecule has 24 heavy (non-hydrogen) atoms. The lowest BCUT2D eigenvalue weighted by molar-refractivity contribution is -0.0866. The fourth-order valence-corrected chi connectivity index (χ4v) is 3.85. The zero-order valence-electron chi connectivity index (χ0n) is 14.8. The van der Waals surface area contributed by atoms with Gasteiger partial charge in [-0.1, -0.05) is 29.8 Å². The molecular formula is C19H29ClN2O2. The van der Waals surface area contributed by atoms with Gasteiger partial charge in [0.2, 0.25) is 0 Å². The Morgan fingerprint density at radius 3 is 3.00 bits per heavy atom. The van der Waals surface area contributed by atoms with Crippen LogP contribution in [-0.2, 0) is 16.0 Å². The van der Waals surface area contributed by atoms with Crippen LogP contribution in [0.1, 0.15) is 32.3 Å². The molecule has 1 aromatic rings. The van der Waals surface area contributed by atoms with Gasteiger partial charge >= 0.3 is 0 Å². The van der Waals surface area contributed by atoms with Gasteiger partial charge in [0.1, 0.15) is 5.60 Å². The highest BCUT2D eigenvalue weighted by Gasteiger charge is 2.43. The fraction of sp³-hybridized carbons (Fsp3) is 0.684. The predicted molar refractivity (Wildman–Crippen MR) is 97.5 cm³/mol. The van der Waals surface area contributed by atoms with Crippen molar-refractivity contribution in [3.63, 3.8) is 0 Å². The maximum atomic E-state index is 6.46. The van der Waals surface area contributed by atoms with E-state index in [0.29, 0.717) is 6.04 Å². The molecule has 0 aliphatic carbocycles. The normalized spacial score (nSPS) is 28.6. The average Bonchev–Trinajstić information content (AvgIpc) is 2.82. The van der Waals surface area contributed by atoms with Crippen LogP contribution in [0.5, 0.6) is 0 Å². The third kappa shape index (κ3) is 4.50. The lowest BCUT2D eigenvalue weighted by Gasteiger charge is -2.34. The van der Waals surface area contributed by atoms with Gasteiger partial charge in [0.25, 0.3) is 0 Å². The van der Waals surface area contributed by atoms with Crippen LogP contribution < -0.4 is 5.32 Å². The molecule has 2 aliphatic heterocycles. The van der Waals surface area contributed by atoms with Gasteiger partial charge in [-0.2, -0.15) is 0 Å². The predicted octanol–water partition coefficient (Wildman–Crippen LogP) is 3.09. The van der Waals surface area contributed by atoms with E-state index in [1.165, 1.54) is 0 Å². The highest BCUT2D eigenvalue weighted by Crippen LogP contribution is 2.33. The van der Waals surface area contributed by atoms with Crippen molar-refractivity contribution < 1.29 is 9.47 Å². The molecule has 0 radical (unpaired) electrons. The van der Waals surface area contributed by atoms with Crippen LogP contribution in [0.3, 0.4) is 0 Å². The molecule has 4 nitrogen and oxygen atoms in total. The van der Waals surface area contributed by atoms with E-state index in [4.69, 9.17) is 21.1 Å². The summed E-state index contributed by atoms with van der Waals surface area (Å²) in [7, 11) is 0. The van der Waals surface area contributed by atoms with Gasteiger partial charge in [-0.3, -0.25) is 4.90 Å². The zero-order valence-corrected chi connectivity index (χ0v) is 15.5. The first-order chi connectivity index (χ1) is 11.6. The molecule has 0 aromatic heterocycles.